The first kappa shape index (κ1) is 21.6. The van der Waals surface area contributed by atoms with Crippen LogP contribution in [0.3, 0.4) is 0 Å². The van der Waals surface area contributed by atoms with E-state index in [2.05, 4.69) is 28.4 Å². The number of anilines is 1. The van der Waals surface area contributed by atoms with Crippen molar-refractivity contribution in [2.45, 2.75) is 32.7 Å². The lowest BCUT2D eigenvalue weighted by Gasteiger charge is -2.40. The highest BCUT2D eigenvalue weighted by atomic mass is 16.2. The molecule has 2 atom stereocenters. The molecule has 2 aromatic heterocycles. The van der Waals surface area contributed by atoms with Gasteiger partial charge in [-0.3, -0.25) is 9.48 Å². The summed E-state index contributed by atoms with van der Waals surface area (Å²) >= 11 is 0. The highest BCUT2D eigenvalue weighted by Gasteiger charge is 2.33. The van der Waals surface area contributed by atoms with Gasteiger partial charge in [-0.05, 0) is 49.4 Å². The minimum atomic E-state index is 0.0334. The normalized spacial score (nSPS) is 18.2. The van der Waals surface area contributed by atoms with Crippen molar-refractivity contribution in [1.29, 1.82) is 5.26 Å². The number of amides is 1. The van der Waals surface area contributed by atoms with Crippen LogP contribution in [0.2, 0.25) is 0 Å². The second kappa shape index (κ2) is 9.23. The Labute approximate surface area is 188 Å². The van der Waals surface area contributed by atoms with Crippen molar-refractivity contribution in [3.8, 4) is 17.2 Å². The second-order valence-corrected chi connectivity index (χ2v) is 8.54. The summed E-state index contributed by atoms with van der Waals surface area (Å²) in [5, 5.41) is 16.7. The summed E-state index contributed by atoms with van der Waals surface area (Å²) in [6.07, 6.45) is 5.80. The molecule has 1 aliphatic heterocycles. The lowest BCUT2D eigenvalue weighted by Crippen LogP contribution is -2.51. The summed E-state index contributed by atoms with van der Waals surface area (Å²) < 4.78 is 1.75. The minimum absolute atomic E-state index is 0.0334. The first-order valence-corrected chi connectivity index (χ1v) is 11.0. The predicted molar refractivity (Wildman–Crippen MR) is 124 cm³/mol. The van der Waals surface area contributed by atoms with Crippen molar-refractivity contribution in [3.63, 3.8) is 0 Å². The molecule has 4 rings (SSSR count). The first-order chi connectivity index (χ1) is 15.5. The van der Waals surface area contributed by atoms with Crippen LogP contribution in [-0.4, -0.2) is 44.7 Å². The largest absolute Gasteiger partial charge is 0.368 e. The van der Waals surface area contributed by atoms with E-state index in [0.717, 1.165) is 36.1 Å². The third-order valence-corrected chi connectivity index (χ3v) is 6.15. The van der Waals surface area contributed by atoms with Crippen LogP contribution in [0.15, 0.2) is 48.8 Å². The monoisotopic (exact) mass is 428 g/mol. The molecule has 1 fully saturated rings. The number of nitrogens with zero attached hydrogens (tertiary/aromatic N) is 5. The Kier molecular flexibility index (Phi) is 6.22. The molecule has 164 valence electrons. The molecule has 1 saturated heterocycles. The molecule has 0 radical (unpaired) electrons. The van der Waals surface area contributed by atoms with Gasteiger partial charge in [0.2, 0.25) is 0 Å². The fourth-order valence-corrected chi connectivity index (χ4v) is 4.42. The Hall–Kier alpha value is -3.66. The van der Waals surface area contributed by atoms with E-state index >= 15 is 0 Å². The molecule has 7 nitrogen and oxygen atoms in total. The van der Waals surface area contributed by atoms with Gasteiger partial charge in [-0.15, -0.1) is 0 Å². The fourth-order valence-electron chi connectivity index (χ4n) is 4.42. The van der Waals surface area contributed by atoms with Crippen LogP contribution in [0.5, 0.6) is 0 Å². The van der Waals surface area contributed by atoms with Gasteiger partial charge in [-0.1, -0.05) is 30.7 Å². The maximum atomic E-state index is 13.8. The number of aryl methyl sites for hydroxylation is 2. The Balaban J connectivity index is 1.61. The lowest BCUT2D eigenvalue weighted by atomic mass is 9.89. The second-order valence-electron chi connectivity index (χ2n) is 8.54. The number of rotatable bonds is 5. The zero-order valence-corrected chi connectivity index (χ0v) is 18.7. The summed E-state index contributed by atoms with van der Waals surface area (Å²) in [6.45, 7) is 5.52. The molecule has 1 N–H and O–H groups in total. The lowest BCUT2D eigenvalue weighted by molar-refractivity contribution is 0.0540. The Morgan fingerprint density at radius 1 is 1.31 bits per heavy atom. The standard InChI is InChI=1S/C25H28N6O/c1-17-9-10-21(19-14-28-30(3)16-19)22(12-17)25(32)31-11-5-6-18(2)23(31)15-27-24-8-4-7-20(13-26)29-24/h4,7-10,12,14,16,18,23H,5-6,11,15H2,1-3H3,(H,27,29)/t18-,23?/m1/s1. The molecular weight excluding hydrogens is 400 g/mol. The quantitative estimate of drug-likeness (QED) is 0.663. The van der Waals surface area contributed by atoms with Crippen LogP contribution in [0.4, 0.5) is 5.82 Å². The van der Waals surface area contributed by atoms with Crippen molar-refractivity contribution in [3.05, 3.63) is 65.6 Å². The maximum absolute atomic E-state index is 13.8. The van der Waals surface area contributed by atoms with Gasteiger partial charge in [0.05, 0.1) is 12.2 Å². The van der Waals surface area contributed by atoms with Gasteiger partial charge in [0, 0.05) is 37.5 Å². The van der Waals surface area contributed by atoms with E-state index in [0.29, 0.717) is 29.5 Å². The Bertz CT molecular complexity index is 1160. The van der Waals surface area contributed by atoms with Crippen molar-refractivity contribution in [1.82, 2.24) is 19.7 Å². The van der Waals surface area contributed by atoms with Crippen molar-refractivity contribution in [2.75, 3.05) is 18.4 Å². The molecule has 7 heteroatoms. The highest BCUT2D eigenvalue weighted by molar-refractivity contribution is 6.01. The van der Waals surface area contributed by atoms with E-state index in [1.54, 1.807) is 16.9 Å². The van der Waals surface area contributed by atoms with Crippen LogP contribution in [0.1, 0.15) is 41.4 Å². The van der Waals surface area contributed by atoms with Crippen molar-refractivity contribution >= 4 is 11.7 Å². The number of hydrogen-bond acceptors (Lipinski definition) is 5. The summed E-state index contributed by atoms with van der Waals surface area (Å²) in [6, 6.07) is 13.5. The average molecular weight is 429 g/mol. The zero-order valence-electron chi connectivity index (χ0n) is 18.7. The molecule has 0 spiro atoms. The maximum Gasteiger partial charge on any atom is 0.254 e. The molecule has 1 unspecified atom stereocenters. The molecule has 3 heterocycles. The van der Waals surface area contributed by atoms with Crippen molar-refractivity contribution in [2.24, 2.45) is 13.0 Å². The molecule has 0 saturated carbocycles. The minimum Gasteiger partial charge on any atom is -0.368 e. The van der Waals surface area contributed by atoms with E-state index in [1.165, 1.54) is 0 Å². The van der Waals surface area contributed by atoms with E-state index < -0.39 is 0 Å². The third kappa shape index (κ3) is 4.50. The molecule has 0 bridgehead atoms. The number of nitriles is 1. The fraction of sp³-hybridized carbons (Fsp3) is 0.360. The van der Waals surface area contributed by atoms with Gasteiger partial charge >= 0.3 is 0 Å². The third-order valence-electron chi connectivity index (χ3n) is 6.15. The predicted octanol–water partition coefficient (Wildman–Crippen LogP) is 4.02. The van der Waals surface area contributed by atoms with E-state index in [4.69, 9.17) is 5.26 Å². The topological polar surface area (TPSA) is 86.8 Å². The molecule has 1 aliphatic rings. The van der Waals surface area contributed by atoms with E-state index in [9.17, 15) is 4.79 Å². The number of aromatic nitrogens is 3. The summed E-state index contributed by atoms with van der Waals surface area (Å²) in [4.78, 5) is 20.1. The smallest absolute Gasteiger partial charge is 0.254 e. The average Bonchev–Trinajstić information content (AvgIpc) is 3.23. The molecule has 3 aromatic rings. The van der Waals surface area contributed by atoms with Gasteiger partial charge in [-0.25, -0.2) is 4.98 Å². The molecule has 32 heavy (non-hydrogen) atoms. The highest BCUT2D eigenvalue weighted by Crippen LogP contribution is 2.30. The number of likely N-dealkylation sites (tertiary alicyclic amines) is 1. The SMILES string of the molecule is Cc1ccc(-c2cnn(C)c2)c(C(=O)N2CCC[C@@H](C)C2CNc2cccc(C#N)n2)c1. The van der Waals surface area contributed by atoms with Crippen LogP contribution in [-0.2, 0) is 7.05 Å². The number of piperidine rings is 1. The first-order valence-electron chi connectivity index (χ1n) is 11.0. The zero-order chi connectivity index (χ0) is 22.7. The molecule has 0 aliphatic carbocycles. The van der Waals surface area contributed by atoms with Crippen LogP contribution in [0.25, 0.3) is 11.1 Å². The van der Waals surface area contributed by atoms with Gasteiger partial charge in [-0.2, -0.15) is 10.4 Å². The van der Waals surface area contributed by atoms with Gasteiger partial charge < -0.3 is 10.2 Å². The summed E-state index contributed by atoms with van der Waals surface area (Å²) in [5.41, 5.74) is 3.98. The number of benzene rings is 1. The molecule has 1 amide bonds. The number of carbonyl (C=O) groups excluding carboxylic acids is 1. The van der Waals surface area contributed by atoms with Gasteiger partial charge in [0.15, 0.2) is 0 Å². The molecule has 1 aromatic carbocycles. The van der Waals surface area contributed by atoms with Crippen LogP contribution in [0, 0.1) is 24.2 Å². The van der Waals surface area contributed by atoms with E-state index in [-0.39, 0.29) is 11.9 Å². The number of hydrogen-bond donors (Lipinski definition) is 1. The van der Waals surface area contributed by atoms with Crippen LogP contribution >= 0.6 is 0 Å². The van der Waals surface area contributed by atoms with Crippen LogP contribution < -0.4 is 5.32 Å². The Morgan fingerprint density at radius 3 is 2.91 bits per heavy atom. The number of nitrogens with one attached hydrogen (secondary N) is 1. The summed E-state index contributed by atoms with van der Waals surface area (Å²) in [7, 11) is 1.88. The van der Waals surface area contributed by atoms with Gasteiger partial charge in [0.1, 0.15) is 17.6 Å². The van der Waals surface area contributed by atoms with E-state index in [1.807, 2.05) is 55.4 Å². The molecular formula is C25H28N6O. The summed E-state index contributed by atoms with van der Waals surface area (Å²) in [5.74, 6) is 1.05. The Morgan fingerprint density at radius 2 is 2.16 bits per heavy atom. The van der Waals surface area contributed by atoms with Crippen molar-refractivity contribution < 1.29 is 4.79 Å². The number of carbonyl (C=O) groups is 1. The number of pyridine rings is 1. The van der Waals surface area contributed by atoms with Gasteiger partial charge in [0.25, 0.3) is 5.91 Å².